The summed E-state index contributed by atoms with van der Waals surface area (Å²) in [6.07, 6.45) is 2.22. The van der Waals surface area contributed by atoms with Crippen LogP contribution in [0, 0.1) is 10.1 Å². The summed E-state index contributed by atoms with van der Waals surface area (Å²) in [5.74, 6) is -1.13. The molecule has 2 aromatic rings. The van der Waals surface area contributed by atoms with E-state index in [-0.39, 0.29) is 16.9 Å². The Bertz CT molecular complexity index is 638. The van der Waals surface area contributed by atoms with Crippen LogP contribution in [0.4, 0.5) is 5.69 Å². The number of nitro groups is 1. The molecule has 0 unspecified atom stereocenters. The predicted molar refractivity (Wildman–Crippen MR) is 64.9 cm³/mol. The van der Waals surface area contributed by atoms with Crippen molar-refractivity contribution < 1.29 is 14.8 Å². The fourth-order valence-corrected chi connectivity index (χ4v) is 1.76. The van der Waals surface area contributed by atoms with Gasteiger partial charge in [0, 0.05) is 4.47 Å². The second kappa shape index (κ2) is 4.57. The van der Waals surface area contributed by atoms with E-state index in [0.717, 1.165) is 17.1 Å². The minimum atomic E-state index is -1.13. The van der Waals surface area contributed by atoms with Gasteiger partial charge in [0.2, 0.25) is 0 Å². The molecule has 18 heavy (non-hydrogen) atoms. The average molecular weight is 312 g/mol. The number of carboxylic acids is 1. The highest BCUT2D eigenvalue weighted by molar-refractivity contribution is 9.10. The lowest BCUT2D eigenvalue weighted by molar-refractivity contribution is -0.384. The van der Waals surface area contributed by atoms with Crippen LogP contribution in [0.3, 0.4) is 0 Å². The summed E-state index contributed by atoms with van der Waals surface area (Å²) >= 11 is 3.21. The third-order valence-electron chi connectivity index (χ3n) is 2.22. The number of carbonyl (C=O) groups is 1. The highest BCUT2D eigenvalue weighted by atomic mass is 79.9. The van der Waals surface area contributed by atoms with Gasteiger partial charge in [-0.05, 0) is 18.2 Å². The first-order valence-electron chi connectivity index (χ1n) is 4.71. The van der Waals surface area contributed by atoms with Crippen molar-refractivity contribution in [3.8, 4) is 5.69 Å². The topological polar surface area (TPSA) is 98.3 Å². The van der Waals surface area contributed by atoms with Crippen LogP contribution in [0.15, 0.2) is 35.1 Å². The summed E-state index contributed by atoms with van der Waals surface area (Å²) in [5.41, 5.74) is 0.0625. The van der Waals surface area contributed by atoms with Crippen molar-refractivity contribution in [1.82, 2.24) is 9.78 Å². The van der Waals surface area contributed by atoms with Crippen molar-refractivity contribution in [2.75, 3.05) is 0 Å². The molecule has 7 nitrogen and oxygen atoms in total. The number of benzene rings is 1. The SMILES string of the molecule is O=C(O)c1ccc(Br)cc1-n1cc([N+](=O)[O-])cn1. The van der Waals surface area contributed by atoms with Gasteiger partial charge in [0.25, 0.3) is 0 Å². The van der Waals surface area contributed by atoms with Crippen LogP contribution in [0.2, 0.25) is 0 Å². The number of hydrogen-bond acceptors (Lipinski definition) is 4. The van der Waals surface area contributed by atoms with E-state index < -0.39 is 10.9 Å². The van der Waals surface area contributed by atoms with Gasteiger partial charge in [-0.15, -0.1) is 0 Å². The van der Waals surface area contributed by atoms with E-state index in [2.05, 4.69) is 21.0 Å². The first-order chi connectivity index (χ1) is 8.49. The molecule has 0 amide bonds. The van der Waals surface area contributed by atoms with Crippen LogP contribution >= 0.6 is 15.9 Å². The van der Waals surface area contributed by atoms with Gasteiger partial charge in [0.1, 0.15) is 12.4 Å². The zero-order valence-corrected chi connectivity index (χ0v) is 10.4. The maximum atomic E-state index is 11.1. The van der Waals surface area contributed by atoms with Crippen LogP contribution in [-0.2, 0) is 0 Å². The summed E-state index contributed by atoms with van der Waals surface area (Å²) in [5, 5.41) is 23.4. The molecule has 0 fully saturated rings. The van der Waals surface area contributed by atoms with Crippen LogP contribution in [-0.4, -0.2) is 25.8 Å². The van der Waals surface area contributed by atoms with E-state index in [4.69, 9.17) is 5.11 Å². The van der Waals surface area contributed by atoms with Gasteiger partial charge in [0.15, 0.2) is 0 Å². The van der Waals surface area contributed by atoms with Crippen LogP contribution in [0.5, 0.6) is 0 Å². The van der Waals surface area contributed by atoms with E-state index in [1.54, 1.807) is 6.07 Å². The Morgan fingerprint density at radius 3 is 2.78 bits per heavy atom. The quantitative estimate of drug-likeness (QED) is 0.692. The molecule has 0 spiro atoms. The third kappa shape index (κ3) is 2.23. The van der Waals surface area contributed by atoms with Crippen LogP contribution in [0.25, 0.3) is 5.69 Å². The molecule has 0 radical (unpaired) electrons. The largest absolute Gasteiger partial charge is 0.478 e. The van der Waals surface area contributed by atoms with Crippen molar-refractivity contribution in [3.05, 3.63) is 50.7 Å². The molecular weight excluding hydrogens is 306 g/mol. The maximum absolute atomic E-state index is 11.1. The van der Waals surface area contributed by atoms with Gasteiger partial charge in [-0.25, -0.2) is 9.48 Å². The zero-order valence-electron chi connectivity index (χ0n) is 8.78. The lowest BCUT2D eigenvalue weighted by Gasteiger charge is -2.05. The number of halogens is 1. The van der Waals surface area contributed by atoms with Gasteiger partial charge in [-0.3, -0.25) is 10.1 Å². The summed E-state index contributed by atoms with van der Waals surface area (Å²) in [4.78, 5) is 21.0. The number of nitrogens with zero attached hydrogens (tertiary/aromatic N) is 3. The minimum absolute atomic E-state index is 0.0104. The second-order valence-corrected chi connectivity index (χ2v) is 4.28. The average Bonchev–Trinajstić information content (AvgIpc) is 2.77. The van der Waals surface area contributed by atoms with Gasteiger partial charge >= 0.3 is 11.7 Å². The van der Waals surface area contributed by atoms with E-state index in [1.807, 2.05) is 0 Å². The number of hydrogen-bond donors (Lipinski definition) is 1. The van der Waals surface area contributed by atoms with Crippen LogP contribution < -0.4 is 0 Å². The highest BCUT2D eigenvalue weighted by Gasteiger charge is 2.16. The lowest BCUT2D eigenvalue weighted by atomic mass is 10.2. The van der Waals surface area contributed by atoms with Gasteiger partial charge in [-0.1, -0.05) is 15.9 Å². The number of aromatic nitrogens is 2. The Labute approximate surface area is 109 Å². The zero-order chi connectivity index (χ0) is 13.3. The van der Waals surface area contributed by atoms with E-state index in [9.17, 15) is 14.9 Å². The van der Waals surface area contributed by atoms with E-state index in [1.165, 1.54) is 12.1 Å². The standard InChI is InChI=1S/C10H6BrN3O4/c11-6-1-2-8(10(15)16)9(3-6)13-5-7(4-12-13)14(17)18/h1-5H,(H,15,16). The second-order valence-electron chi connectivity index (χ2n) is 3.37. The Hall–Kier alpha value is -2.22. The number of aromatic carboxylic acids is 1. The summed E-state index contributed by atoms with van der Waals surface area (Å²) in [6, 6.07) is 4.50. The Morgan fingerprint density at radius 1 is 1.50 bits per heavy atom. The molecule has 1 heterocycles. The lowest BCUT2D eigenvalue weighted by Crippen LogP contribution is -2.05. The molecule has 0 saturated heterocycles. The molecular formula is C10H6BrN3O4. The van der Waals surface area contributed by atoms with Crippen molar-refractivity contribution in [2.45, 2.75) is 0 Å². The molecule has 0 aliphatic carbocycles. The first kappa shape index (κ1) is 12.2. The van der Waals surface area contributed by atoms with Crippen LogP contribution in [0.1, 0.15) is 10.4 Å². The molecule has 0 atom stereocenters. The number of carboxylic acid groups (broad SMARTS) is 1. The first-order valence-corrected chi connectivity index (χ1v) is 5.50. The highest BCUT2D eigenvalue weighted by Crippen LogP contribution is 2.22. The molecule has 0 aliphatic heterocycles. The Morgan fingerprint density at radius 2 is 2.22 bits per heavy atom. The number of rotatable bonds is 3. The molecule has 0 saturated carbocycles. The van der Waals surface area contributed by atoms with E-state index in [0.29, 0.717) is 4.47 Å². The molecule has 0 bridgehead atoms. The fraction of sp³-hybridized carbons (Fsp3) is 0. The van der Waals surface area contributed by atoms with Gasteiger partial charge in [-0.2, -0.15) is 5.10 Å². The molecule has 1 aromatic carbocycles. The van der Waals surface area contributed by atoms with E-state index >= 15 is 0 Å². The predicted octanol–water partition coefficient (Wildman–Crippen LogP) is 2.24. The fourth-order valence-electron chi connectivity index (χ4n) is 1.41. The molecule has 1 N–H and O–H groups in total. The summed E-state index contributed by atoms with van der Waals surface area (Å²) in [6.45, 7) is 0. The minimum Gasteiger partial charge on any atom is -0.478 e. The maximum Gasteiger partial charge on any atom is 0.337 e. The molecule has 1 aromatic heterocycles. The molecule has 0 aliphatic rings. The molecule has 8 heteroatoms. The van der Waals surface area contributed by atoms with Crippen molar-refractivity contribution in [1.29, 1.82) is 0 Å². The normalized spacial score (nSPS) is 10.3. The monoisotopic (exact) mass is 311 g/mol. The van der Waals surface area contributed by atoms with Gasteiger partial charge < -0.3 is 5.11 Å². The third-order valence-corrected chi connectivity index (χ3v) is 2.71. The van der Waals surface area contributed by atoms with Crippen molar-refractivity contribution >= 4 is 27.6 Å². The molecule has 2 rings (SSSR count). The smallest absolute Gasteiger partial charge is 0.337 e. The van der Waals surface area contributed by atoms with Gasteiger partial charge in [0.05, 0.1) is 16.2 Å². The van der Waals surface area contributed by atoms with Crippen molar-refractivity contribution in [3.63, 3.8) is 0 Å². The Balaban J connectivity index is 2.57. The summed E-state index contributed by atoms with van der Waals surface area (Å²) < 4.78 is 1.81. The molecule has 92 valence electrons. The Kier molecular flexibility index (Phi) is 3.11. The van der Waals surface area contributed by atoms with Crippen molar-refractivity contribution in [2.24, 2.45) is 0 Å². The summed E-state index contributed by atoms with van der Waals surface area (Å²) in [7, 11) is 0.